The van der Waals surface area contributed by atoms with Crippen LogP contribution in [0.4, 0.5) is 22.7 Å². The van der Waals surface area contributed by atoms with Crippen molar-refractivity contribution in [2.45, 2.75) is 32.4 Å². The minimum Gasteiger partial charge on any atom is -0.339 e. The molecule has 0 N–H and O–H groups in total. The molecule has 2 atom stereocenters. The summed E-state index contributed by atoms with van der Waals surface area (Å²) in [5, 5.41) is 0. The van der Waals surface area contributed by atoms with E-state index in [1.807, 2.05) is 48.5 Å². The Bertz CT molecular complexity index is 1630. The van der Waals surface area contributed by atoms with Gasteiger partial charge in [0.25, 0.3) is 0 Å². The molecule has 6 rings (SSSR count). The van der Waals surface area contributed by atoms with Crippen LogP contribution in [0.1, 0.15) is 12.8 Å². The number of fused-ring (bicyclic) bond motifs is 4. The highest BCUT2D eigenvalue weighted by molar-refractivity contribution is 7.85. The lowest BCUT2D eigenvalue weighted by atomic mass is 10.0. The van der Waals surface area contributed by atoms with Crippen LogP contribution in [0.5, 0.6) is 0 Å². The van der Waals surface area contributed by atoms with E-state index < -0.39 is 21.6 Å². The third-order valence-corrected chi connectivity index (χ3v) is 11.3. The van der Waals surface area contributed by atoms with Crippen molar-refractivity contribution in [1.29, 1.82) is 0 Å². The molecule has 4 aromatic rings. The van der Waals surface area contributed by atoms with Gasteiger partial charge in [0.05, 0.1) is 119 Å². The average molecular weight is 629 g/mol. The van der Waals surface area contributed by atoms with Gasteiger partial charge in [0.15, 0.2) is 0 Å². The average Bonchev–Trinajstić information content (AvgIpc) is 2.99. The molecule has 2 aliphatic rings. The third-order valence-electron chi connectivity index (χ3n) is 8.37. The topological polar surface area (TPSA) is 40.6 Å². The van der Waals surface area contributed by atoms with Crippen LogP contribution in [0.15, 0.2) is 105 Å². The summed E-state index contributed by atoms with van der Waals surface area (Å²) in [4.78, 5) is 8.16. The van der Waals surface area contributed by atoms with Crippen LogP contribution >= 0.6 is 0 Å². The van der Waals surface area contributed by atoms with Crippen molar-refractivity contribution in [3.05, 3.63) is 84.9 Å². The van der Waals surface area contributed by atoms with Gasteiger partial charge < -0.3 is 18.8 Å². The van der Waals surface area contributed by atoms with E-state index in [0.29, 0.717) is 0 Å². The molecule has 0 saturated heterocycles. The second-order valence-corrected chi connectivity index (χ2v) is 16.7. The summed E-state index contributed by atoms with van der Waals surface area (Å²) in [5.74, 6) is 0. The van der Waals surface area contributed by atoms with Gasteiger partial charge in [-0.15, -0.1) is 0 Å². The molecule has 0 amide bonds. The van der Waals surface area contributed by atoms with E-state index in [4.69, 9.17) is 0 Å². The number of benzene rings is 4. The number of para-hydroxylation sites is 2. The highest BCUT2D eigenvalue weighted by atomic mass is 32.2. The fourth-order valence-corrected chi connectivity index (χ4v) is 8.90. The predicted octanol–water partition coefficient (Wildman–Crippen LogP) is 6.78. The van der Waals surface area contributed by atoms with E-state index >= 15 is 0 Å². The van der Waals surface area contributed by atoms with Gasteiger partial charge in [0.1, 0.15) is 0 Å². The normalized spacial score (nSPS) is 17.5. The quantitative estimate of drug-likeness (QED) is 0.192. The molecule has 0 aliphatic carbocycles. The molecule has 6 nitrogen and oxygen atoms in total. The highest BCUT2D eigenvalue weighted by Crippen LogP contribution is 2.46. The fraction of sp³-hybridized carbons (Fsp3) is 0.333. The molecular formula is C36H44N4O2S2+2. The minimum absolute atomic E-state index is 0.847. The first-order valence-electron chi connectivity index (χ1n) is 15.4. The Morgan fingerprint density at radius 3 is 1.25 bits per heavy atom. The fourth-order valence-electron chi connectivity index (χ4n) is 6.19. The molecule has 0 fully saturated rings. The molecule has 4 aromatic carbocycles. The molecule has 0 aromatic heterocycles. The zero-order valence-corrected chi connectivity index (χ0v) is 28.4. The van der Waals surface area contributed by atoms with Crippen molar-refractivity contribution in [1.82, 2.24) is 0 Å². The number of anilines is 4. The maximum Gasteiger partial charge on any atom is 0.0892 e. The highest BCUT2D eigenvalue weighted by Gasteiger charge is 2.31. The lowest BCUT2D eigenvalue weighted by molar-refractivity contribution is -0.870. The summed E-state index contributed by atoms with van der Waals surface area (Å²) in [6.45, 7) is 3.79. The van der Waals surface area contributed by atoms with Gasteiger partial charge in [-0.25, -0.2) is 8.42 Å². The Balaban J connectivity index is 1.40. The molecule has 8 heteroatoms. The smallest absolute Gasteiger partial charge is 0.0892 e. The second kappa shape index (κ2) is 11.9. The summed E-state index contributed by atoms with van der Waals surface area (Å²) >= 11 is 0. The first-order chi connectivity index (χ1) is 20.9. The van der Waals surface area contributed by atoms with Crippen molar-refractivity contribution in [3.8, 4) is 11.1 Å². The van der Waals surface area contributed by atoms with Crippen molar-refractivity contribution < 1.29 is 17.4 Å². The van der Waals surface area contributed by atoms with Crippen molar-refractivity contribution in [3.63, 3.8) is 0 Å². The lowest BCUT2D eigenvalue weighted by Crippen LogP contribution is -2.37. The molecule has 230 valence electrons. The van der Waals surface area contributed by atoms with Gasteiger partial charge in [-0.2, -0.15) is 0 Å². The van der Waals surface area contributed by atoms with Crippen molar-refractivity contribution in [2.24, 2.45) is 0 Å². The van der Waals surface area contributed by atoms with Crippen LogP contribution in [-0.4, -0.2) is 85.8 Å². The number of hydrogen-bond acceptors (Lipinski definition) is 4. The first-order valence-corrected chi connectivity index (χ1v) is 17.7. The van der Waals surface area contributed by atoms with Gasteiger partial charge in [-0.1, -0.05) is 36.4 Å². The van der Waals surface area contributed by atoms with E-state index in [-0.39, 0.29) is 0 Å². The molecule has 2 unspecified atom stereocenters. The van der Waals surface area contributed by atoms with E-state index in [0.717, 1.165) is 101 Å². The minimum atomic E-state index is -1.24. The van der Waals surface area contributed by atoms with E-state index in [1.165, 1.54) is 0 Å². The summed E-state index contributed by atoms with van der Waals surface area (Å²) in [7, 11) is 10.8. The number of nitrogens with zero attached hydrogens (tertiary/aromatic N) is 4. The monoisotopic (exact) mass is 628 g/mol. The maximum atomic E-state index is 13.7. The zero-order valence-electron chi connectivity index (χ0n) is 26.7. The SMILES string of the molecule is C[N+](C)(C)CCCN1c2ccccc2S(=O)c2ccc(-c3ccc4c(c3)N(CCC[N+](C)(C)C)c3ccccc3S4=O)cc21. The Labute approximate surface area is 267 Å². The van der Waals surface area contributed by atoms with Crippen LogP contribution in [-0.2, 0) is 21.6 Å². The maximum absolute atomic E-state index is 13.7. The second-order valence-electron chi connectivity index (χ2n) is 13.9. The van der Waals surface area contributed by atoms with Crippen LogP contribution in [0.3, 0.4) is 0 Å². The predicted molar refractivity (Wildman–Crippen MR) is 183 cm³/mol. The van der Waals surface area contributed by atoms with Crippen LogP contribution in [0, 0.1) is 0 Å². The zero-order chi connectivity index (χ0) is 31.2. The molecule has 2 aliphatic heterocycles. The molecule has 0 bridgehead atoms. The Morgan fingerprint density at radius 1 is 0.500 bits per heavy atom. The van der Waals surface area contributed by atoms with E-state index in [9.17, 15) is 8.42 Å². The molecule has 0 radical (unpaired) electrons. The van der Waals surface area contributed by atoms with Crippen molar-refractivity contribution >= 4 is 44.3 Å². The Morgan fingerprint density at radius 2 is 0.864 bits per heavy atom. The molecular weight excluding hydrogens is 585 g/mol. The summed E-state index contributed by atoms with van der Waals surface area (Å²) < 4.78 is 29.3. The molecule has 2 heterocycles. The van der Waals surface area contributed by atoms with Crippen LogP contribution < -0.4 is 9.80 Å². The third kappa shape index (κ3) is 6.13. The van der Waals surface area contributed by atoms with Gasteiger partial charge in [-0.05, 0) is 59.7 Å². The number of rotatable bonds is 9. The van der Waals surface area contributed by atoms with Gasteiger partial charge >= 0.3 is 0 Å². The largest absolute Gasteiger partial charge is 0.339 e. The van der Waals surface area contributed by atoms with E-state index in [2.05, 4.69) is 88.5 Å². The number of quaternary nitrogens is 2. The molecule has 0 spiro atoms. The van der Waals surface area contributed by atoms with Gasteiger partial charge in [-0.3, -0.25) is 0 Å². The summed E-state index contributed by atoms with van der Waals surface area (Å²) in [6, 6.07) is 28.8. The molecule has 44 heavy (non-hydrogen) atoms. The van der Waals surface area contributed by atoms with Gasteiger partial charge in [0, 0.05) is 25.9 Å². The summed E-state index contributed by atoms with van der Waals surface area (Å²) in [5.41, 5.74) is 6.20. The van der Waals surface area contributed by atoms with Crippen LogP contribution in [0.2, 0.25) is 0 Å². The molecule has 0 saturated carbocycles. The van der Waals surface area contributed by atoms with Crippen molar-refractivity contribution in [2.75, 3.05) is 78.3 Å². The Kier molecular flexibility index (Phi) is 8.30. The summed E-state index contributed by atoms with van der Waals surface area (Å²) in [6.07, 6.45) is 2.03. The van der Waals surface area contributed by atoms with Crippen LogP contribution in [0.25, 0.3) is 11.1 Å². The Hall–Kier alpha value is -3.30. The van der Waals surface area contributed by atoms with Gasteiger partial charge in [0.2, 0.25) is 0 Å². The van der Waals surface area contributed by atoms with E-state index in [1.54, 1.807) is 0 Å². The standard InChI is InChI=1S/C36H44N4O2S2/c1-39(2,3)23-11-21-37-29-13-7-9-15-33(29)43(41)35-19-17-27(25-31(35)37)28-18-20-36-32(26-28)38(22-12-24-40(4,5)6)30-14-8-10-16-34(30)44(36)42/h7-10,13-20,25-26H,11-12,21-24H2,1-6H3/q+2. The number of hydrogen-bond donors (Lipinski definition) is 0. The first kappa shape index (κ1) is 30.7. The lowest BCUT2D eigenvalue weighted by Gasteiger charge is -2.35.